The van der Waals surface area contributed by atoms with Crippen LogP contribution in [-0.2, 0) is 5.54 Å². The number of nitrogens with zero attached hydrogens (tertiary/aromatic N) is 4. The molecule has 1 spiro atoms. The summed E-state index contributed by atoms with van der Waals surface area (Å²) in [6, 6.07) is 5.83. The summed E-state index contributed by atoms with van der Waals surface area (Å²) in [6.45, 7) is 8.46. The summed E-state index contributed by atoms with van der Waals surface area (Å²) >= 11 is 0. The molecule has 0 aromatic carbocycles. The Kier molecular flexibility index (Phi) is 5.80. The highest BCUT2D eigenvalue weighted by Gasteiger charge is 2.42. The Morgan fingerprint density at radius 1 is 1.24 bits per heavy atom. The van der Waals surface area contributed by atoms with Gasteiger partial charge in [-0.05, 0) is 31.0 Å². The van der Waals surface area contributed by atoms with Crippen LogP contribution in [0.2, 0.25) is 0 Å². The molecule has 0 bridgehead atoms. The minimum absolute atomic E-state index is 0.0764. The summed E-state index contributed by atoms with van der Waals surface area (Å²) < 4.78 is 2.11. The number of carbonyl (C=O) groups is 1. The van der Waals surface area contributed by atoms with Crippen molar-refractivity contribution in [1.29, 1.82) is 0 Å². The van der Waals surface area contributed by atoms with Crippen LogP contribution in [0.5, 0.6) is 0 Å². The highest BCUT2D eigenvalue weighted by molar-refractivity contribution is 5.98. The van der Waals surface area contributed by atoms with Crippen LogP contribution in [0.3, 0.4) is 0 Å². The zero-order valence-corrected chi connectivity index (χ0v) is 18.9. The topological polar surface area (TPSA) is 113 Å². The van der Waals surface area contributed by atoms with E-state index < -0.39 is 0 Å². The predicted octanol–water partition coefficient (Wildman–Crippen LogP) is 2.40. The van der Waals surface area contributed by atoms with E-state index in [4.69, 9.17) is 10.7 Å². The Morgan fingerprint density at radius 3 is 2.73 bits per heavy atom. The van der Waals surface area contributed by atoms with E-state index in [2.05, 4.69) is 37.0 Å². The number of amides is 1. The number of rotatable bonds is 4. The van der Waals surface area contributed by atoms with E-state index >= 15 is 0 Å². The van der Waals surface area contributed by atoms with Crippen LogP contribution in [0.15, 0.2) is 36.0 Å². The van der Waals surface area contributed by atoms with E-state index in [9.17, 15) is 4.79 Å². The zero-order valence-electron chi connectivity index (χ0n) is 18.9. The molecule has 5 N–H and O–H groups in total. The van der Waals surface area contributed by atoms with Crippen LogP contribution in [0, 0.1) is 0 Å². The molecular formula is C24H32N8O. The van der Waals surface area contributed by atoms with Crippen LogP contribution in [-0.4, -0.2) is 54.1 Å². The number of hydrogen-bond acceptors (Lipinski definition) is 5. The van der Waals surface area contributed by atoms with Crippen LogP contribution < -0.4 is 26.6 Å². The lowest BCUT2D eigenvalue weighted by atomic mass is 9.80. The molecule has 0 unspecified atom stereocenters. The largest absolute Gasteiger partial charge is 0.369 e. The molecule has 1 aliphatic carbocycles. The van der Waals surface area contributed by atoms with Gasteiger partial charge in [0, 0.05) is 38.3 Å². The first kappa shape index (κ1) is 21.5. The third kappa shape index (κ3) is 4.08. The van der Waals surface area contributed by atoms with Gasteiger partial charge in [0.15, 0.2) is 0 Å². The van der Waals surface area contributed by atoms with E-state index in [1.807, 2.05) is 24.4 Å². The second-order valence-corrected chi connectivity index (χ2v) is 9.08. The normalized spacial score (nSPS) is 20.3. The number of hydrogen-bond donors (Lipinski definition) is 4. The maximum absolute atomic E-state index is 12.7. The van der Waals surface area contributed by atoms with E-state index in [0.29, 0.717) is 23.9 Å². The van der Waals surface area contributed by atoms with Gasteiger partial charge in [-0.15, -0.1) is 0 Å². The number of nitrogens with two attached hydrogens (primary N) is 1. The number of pyridine rings is 1. The van der Waals surface area contributed by atoms with Crippen molar-refractivity contribution in [2.24, 2.45) is 10.7 Å². The molecule has 2 fully saturated rings. The third-order valence-corrected chi connectivity index (χ3v) is 7.00. The fourth-order valence-corrected chi connectivity index (χ4v) is 5.30. The summed E-state index contributed by atoms with van der Waals surface area (Å²) in [6.07, 6.45) is 9.11. The van der Waals surface area contributed by atoms with Gasteiger partial charge in [-0.2, -0.15) is 4.99 Å². The van der Waals surface area contributed by atoms with Crippen LogP contribution in [0.1, 0.15) is 48.2 Å². The number of anilines is 2. The molecule has 2 aromatic heterocycles. The van der Waals surface area contributed by atoms with Gasteiger partial charge in [-0.1, -0.05) is 31.9 Å². The van der Waals surface area contributed by atoms with Crippen molar-refractivity contribution < 1.29 is 4.79 Å². The van der Waals surface area contributed by atoms with Crippen molar-refractivity contribution in [3.8, 4) is 0 Å². The molecule has 0 atom stereocenters. The fraction of sp³-hybridized carbons (Fsp3) is 0.458. The minimum Gasteiger partial charge on any atom is -0.369 e. The molecule has 9 nitrogen and oxygen atoms in total. The molecule has 9 heteroatoms. The smallest absolute Gasteiger partial charge is 0.268 e. The first-order chi connectivity index (χ1) is 16.1. The molecule has 1 amide bonds. The molecule has 1 saturated heterocycles. The summed E-state index contributed by atoms with van der Waals surface area (Å²) in [5.74, 6) is 1.47. The first-order valence-electron chi connectivity index (χ1n) is 11.8. The number of carbonyl (C=O) groups excluding carboxylic acids is 1. The molecule has 2 aromatic rings. The van der Waals surface area contributed by atoms with E-state index in [1.165, 1.54) is 6.42 Å². The van der Waals surface area contributed by atoms with E-state index in [-0.39, 0.29) is 17.4 Å². The van der Waals surface area contributed by atoms with Crippen molar-refractivity contribution in [3.63, 3.8) is 0 Å². The third-order valence-electron chi connectivity index (χ3n) is 7.00. The SMILES string of the molecule is C=Cc1cc2n(c1N=C(N)Nc1ccc(N3CCNCC3)cn1)C1(CCCCC1)CNC2=O. The minimum atomic E-state index is -0.162. The first-order valence-corrected chi connectivity index (χ1v) is 11.8. The Bertz CT molecular complexity index is 1060. The van der Waals surface area contributed by atoms with E-state index in [1.54, 1.807) is 6.08 Å². The number of aromatic nitrogens is 2. The standard InChI is InChI=1S/C24H32N8O/c1-2-17-14-19-22(33)28-16-24(8-4-3-5-9-24)32(19)21(17)30-23(25)29-20-7-6-18(15-27-20)31-12-10-26-11-13-31/h2,6-7,14-15,26H,1,3-5,8-13,16H2,(H,28,33)(H3,25,27,29,30). The number of aliphatic imine (C=N–C) groups is 1. The number of piperazine rings is 1. The maximum atomic E-state index is 12.7. The van der Waals surface area contributed by atoms with Gasteiger partial charge in [0.25, 0.3) is 5.91 Å². The Balaban J connectivity index is 1.43. The van der Waals surface area contributed by atoms with Crippen LogP contribution in [0.25, 0.3) is 6.08 Å². The predicted molar refractivity (Wildman–Crippen MR) is 132 cm³/mol. The van der Waals surface area contributed by atoms with Gasteiger partial charge >= 0.3 is 0 Å². The molecule has 2 aliphatic heterocycles. The quantitative estimate of drug-likeness (QED) is 0.422. The lowest BCUT2D eigenvalue weighted by Gasteiger charge is -2.43. The van der Waals surface area contributed by atoms with Crippen LogP contribution >= 0.6 is 0 Å². The molecule has 3 aliphatic rings. The van der Waals surface area contributed by atoms with E-state index in [0.717, 1.165) is 63.1 Å². The average Bonchev–Trinajstić information content (AvgIpc) is 3.23. The summed E-state index contributed by atoms with van der Waals surface area (Å²) in [5, 5.41) is 9.55. The summed E-state index contributed by atoms with van der Waals surface area (Å²) in [4.78, 5) is 24.2. The van der Waals surface area contributed by atoms with Gasteiger partial charge in [-0.3, -0.25) is 4.79 Å². The number of guanidine groups is 1. The molecule has 4 heterocycles. The lowest BCUT2D eigenvalue weighted by molar-refractivity contribution is 0.0830. The van der Waals surface area contributed by atoms with Crippen molar-refractivity contribution in [1.82, 2.24) is 20.2 Å². The number of fused-ring (bicyclic) bond motifs is 2. The summed E-state index contributed by atoms with van der Waals surface area (Å²) in [5.41, 5.74) is 8.68. The van der Waals surface area contributed by atoms with Gasteiger partial charge in [0.05, 0.1) is 17.4 Å². The van der Waals surface area contributed by atoms with Gasteiger partial charge in [0.1, 0.15) is 17.3 Å². The van der Waals surface area contributed by atoms with Crippen molar-refractivity contribution in [2.45, 2.75) is 37.6 Å². The maximum Gasteiger partial charge on any atom is 0.268 e. The molecule has 1 saturated carbocycles. The molecule has 33 heavy (non-hydrogen) atoms. The molecule has 5 rings (SSSR count). The van der Waals surface area contributed by atoms with Crippen molar-refractivity contribution >= 4 is 35.3 Å². The second-order valence-electron chi connectivity index (χ2n) is 9.08. The lowest BCUT2D eigenvalue weighted by Crippen LogP contribution is -2.52. The molecule has 0 radical (unpaired) electrons. The molecule has 174 valence electrons. The monoisotopic (exact) mass is 448 g/mol. The highest BCUT2D eigenvalue weighted by Crippen LogP contribution is 2.43. The van der Waals surface area contributed by atoms with Crippen molar-refractivity contribution in [3.05, 3.63) is 42.2 Å². The zero-order chi connectivity index (χ0) is 22.8. The number of nitrogens with one attached hydrogen (secondary N) is 3. The Hall–Kier alpha value is -3.33. The Morgan fingerprint density at radius 2 is 2.03 bits per heavy atom. The van der Waals surface area contributed by atoms with Gasteiger partial charge in [-0.25, -0.2) is 4.98 Å². The molecular weight excluding hydrogens is 416 g/mol. The highest BCUT2D eigenvalue weighted by atomic mass is 16.2. The summed E-state index contributed by atoms with van der Waals surface area (Å²) in [7, 11) is 0. The fourth-order valence-electron chi connectivity index (χ4n) is 5.30. The van der Waals surface area contributed by atoms with Crippen molar-refractivity contribution in [2.75, 3.05) is 42.9 Å². The van der Waals surface area contributed by atoms with Gasteiger partial charge < -0.3 is 31.2 Å². The Labute approximate surface area is 194 Å². The van der Waals surface area contributed by atoms with Crippen LogP contribution in [0.4, 0.5) is 17.3 Å². The van der Waals surface area contributed by atoms with Gasteiger partial charge in [0.2, 0.25) is 5.96 Å². The average molecular weight is 449 g/mol. The second kappa shape index (κ2) is 8.90.